The van der Waals surface area contributed by atoms with Crippen LogP contribution in [0.1, 0.15) is 34.5 Å². The molecule has 3 nitrogen and oxygen atoms in total. The second-order valence-corrected chi connectivity index (χ2v) is 4.74. The van der Waals surface area contributed by atoms with Crippen LogP contribution in [0.25, 0.3) is 0 Å². The van der Waals surface area contributed by atoms with E-state index < -0.39 is 0 Å². The van der Waals surface area contributed by atoms with Crippen LogP contribution in [-0.2, 0) is 0 Å². The average Bonchev–Trinajstić information content (AvgIpc) is 2.45. The molecule has 98 valence electrons. The molecule has 3 heteroatoms. The number of nitrogens with zero attached hydrogens (tertiary/aromatic N) is 1. The molecule has 1 amide bonds. The van der Waals surface area contributed by atoms with Crippen LogP contribution in [0.15, 0.2) is 48.7 Å². The number of benzene rings is 1. The minimum atomic E-state index is -0.0357. The van der Waals surface area contributed by atoms with E-state index in [-0.39, 0.29) is 11.8 Å². The molecule has 2 rings (SSSR count). The van der Waals surface area contributed by atoms with Crippen molar-refractivity contribution >= 4 is 5.91 Å². The predicted molar refractivity (Wildman–Crippen MR) is 76.2 cm³/mol. The monoisotopic (exact) mass is 254 g/mol. The Labute approximate surface area is 113 Å². The van der Waals surface area contributed by atoms with Crippen molar-refractivity contribution < 1.29 is 4.79 Å². The lowest BCUT2D eigenvalue weighted by Crippen LogP contribution is -2.27. The number of carbonyl (C=O) groups excluding carboxylic acids is 1. The fourth-order valence-corrected chi connectivity index (χ4v) is 1.91. The summed E-state index contributed by atoms with van der Waals surface area (Å²) in [6.45, 7) is 4.62. The largest absolute Gasteiger partial charge is 0.351 e. The van der Waals surface area contributed by atoms with Gasteiger partial charge in [0.1, 0.15) is 0 Å². The number of rotatable bonds is 4. The molecule has 1 aromatic carbocycles. The van der Waals surface area contributed by atoms with Crippen molar-refractivity contribution in [3.63, 3.8) is 0 Å². The Morgan fingerprint density at radius 3 is 2.79 bits per heavy atom. The Balaban J connectivity index is 1.94. The molecule has 0 aliphatic rings. The van der Waals surface area contributed by atoms with Crippen molar-refractivity contribution in [2.24, 2.45) is 0 Å². The molecule has 0 bridgehead atoms. The van der Waals surface area contributed by atoms with E-state index in [2.05, 4.69) is 17.2 Å². The van der Waals surface area contributed by atoms with E-state index in [0.717, 1.165) is 11.3 Å². The first-order valence-electron chi connectivity index (χ1n) is 6.42. The van der Waals surface area contributed by atoms with Crippen LogP contribution in [0.2, 0.25) is 0 Å². The highest BCUT2D eigenvalue weighted by molar-refractivity contribution is 5.94. The van der Waals surface area contributed by atoms with Crippen molar-refractivity contribution in [1.29, 1.82) is 0 Å². The quantitative estimate of drug-likeness (QED) is 0.911. The predicted octanol–water partition coefficient (Wildman–Crippen LogP) is 2.92. The summed E-state index contributed by atoms with van der Waals surface area (Å²) in [5.74, 6) is 0.168. The molecule has 1 atom stereocenters. The zero-order valence-corrected chi connectivity index (χ0v) is 11.3. The molecule has 0 aliphatic heterocycles. The number of aryl methyl sites for hydroxylation is 1. The van der Waals surface area contributed by atoms with Crippen LogP contribution in [0.4, 0.5) is 0 Å². The van der Waals surface area contributed by atoms with Gasteiger partial charge >= 0.3 is 0 Å². The third-order valence-electron chi connectivity index (χ3n) is 3.04. The van der Waals surface area contributed by atoms with Crippen LogP contribution in [-0.4, -0.2) is 17.4 Å². The summed E-state index contributed by atoms with van der Waals surface area (Å²) in [7, 11) is 0. The third kappa shape index (κ3) is 3.65. The Kier molecular flexibility index (Phi) is 4.29. The highest BCUT2D eigenvalue weighted by atomic mass is 16.1. The van der Waals surface area contributed by atoms with Gasteiger partial charge in [0.25, 0.3) is 5.91 Å². The van der Waals surface area contributed by atoms with Crippen molar-refractivity contribution in [1.82, 2.24) is 10.3 Å². The lowest BCUT2D eigenvalue weighted by molar-refractivity contribution is 0.0951. The fraction of sp³-hybridized carbons (Fsp3) is 0.250. The average molecular weight is 254 g/mol. The van der Waals surface area contributed by atoms with Crippen molar-refractivity contribution in [2.45, 2.75) is 19.8 Å². The SMILES string of the molecule is Cc1cccc(C(=O)NCC(C)c2ccccn2)c1. The van der Waals surface area contributed by atoms with E-state index in [4.69, 9.17) is 0 Å². The lowest BCUT2D eigenvalue weighted by Gasteiger charge is -2.12. The van der Waals surface area contributed by atoms with Gasteiger partial charge in [0.05, 0.1) is 0 Å². The second-order valence-electron chi connectivity index (χ2n) is 4.74. The Morgan fingerprint density at radius 1 is 1.26 bits per heavy atom. The van der Waals surface area contributed by atoms with E-state index in [1.165, 1.54) is 0 Å². The molecule has 1 N–H and O–H groups in total. The molecule has 1 heterocycles. The molecular formula is C16H18N2O. The van der Waals surface area contributed by atoms with Crippen LogP contribution in [0.3, 0.4) is 0 Å². The zero-order valence-electron chi connectivity index (χ0n) is 11.3. The van der Waals surface area contributed by atoms with E-state index in [0.29, 0.717) is 12.1 Å². The van der Waals surface area contributed by atoms with E-state index >= 15 is 0 Å². The van der Waals surface area contributed by atoms with Gasteiger partial charge in [-0.25, -0.2) is 0 Å². The van der Waals surface area contributed by atoms with Gasteiger partial charge in [-0.3, -0.25) is 9.78 Å². The number of nitrogens with one attached hydrogen (secondary N) is 1. The first kappa shape index (κ1) is 13.3. The molecule has 1 unspecified atom stereocenters. The first-order chi connectivity index (χ1) is 9.16. The number of hydrogen-bond acceptors (Lipinski definition) is 2. The summed E-state index contributed by atoms with van der Waals surface area (Å²) in [6.07, 6.45) is 1.77. The van der Waals surface area contributed by atoms with Crippen LogP contribution >= 0.6 is 0 Å². The maximum absolute atomic E-state index is 12.0. The second kappa shape index (κ2) is 6.14. The van der Waals surface area contributed by atoms with Crippen molar-refractivity contribution in [3.05, 3.63) is 65.5 Å². The minimum absolute atomic E-state index is 0.0357. The molecule has 2 aromatic rings. The maximum Gasteiger partial charge on any atom is 0.251 e. The minimum Gasteiger partial charge on any atom is -0.351 e. The summed E-state index contributed by atoms with van der Waals surface area (Å²) < 4.78 is 0. The van der Waals surface area contributed by atoms with Gasteiger partial charge in [-0.15, -0.1) is 0 Å². The zero-order chi connectivity index (χ0) is 13.7. The van der Waals surface area contributed by atoms with Crippen LogP contribution < -0.4 is 5.32 Å². The summed E-state index contributed by atoms with van der Waals surface area (Å²) in [6, 6.07) is 13.4. The van der Waals surface area contributed by atoms with Crippen LogP contribution in [0, 0.1) is 6.92 Å². The topological polar surface area (TPSA) is 42.0 Å². The normalized spacial score (nSPS) is 11.9. The van der Waals surface area contributed by atoms with E-state index in [1.54, 1.807) is 6.20 Å². The fourth-order valence-electron chi connectivity index (χ4n) is 1.91. The number of aromatic nitrogens is 1. The first-order valence-corrected chi connectivity index (χ1v) is 6.42. The Bertz CT molecular complexity index is 552. The standard InChI is InChI=1S/C16H18N2O/c1-12-6-5-7-14(10-12)16(19)18-11-13(2)15-8-3-4-9-17-15/h3-10,13H,11H2,1-2H3,(H,18,19). The summed E-state index contributed by atoms with van der Waals surface area (Å²) in [5, 5.41) is 2.95. The molecule has 0 fully saturated rings. The summed E-state index contributed by atoms with van der Waals surface area (Å²) in [4.78, 5) is 16.3. The van der Waals surface area contributed by atoms with E-state index in [1.807, 2.05) is 49.4 Å². The summed E-state index contributed by atoms with van der Waals surface area (Å²) in [5.41, 5.74) is 2.78. The van der Waals surface area contributed by atoms with Gasteiger partial charge in [0, 0.05) is 29.9 Å². The molecule has 0 radical (unpaired) electrons. The van der Waals surface area contributed by atoms with Crippen LogP contribution in [0.5, 0.6) is 0 Å². The Hall–Kier alpha value is -2.16. The maximum atomic E-state index is 12.0. The van der Waals surface area contributed by atoms with E-state index in [9.17, 15) is 4.79 Å². The van der Waals surface area contributed by atoms with Gasteiger partial charge in [-0.2, -0.15) is 0 Å². The molecule has 0 aliphatic carbocycles. The van der Waals surface area contributed by atoms with Crippen molar-refractivity contribution in [2.75, 3.05) is 6.54 Å². The lowest BCUT2D eigenvalue weighted by atomic mass is 10.1. The molecule has 0 saturated heterocycles. The van der Waals surface area contributed by atoms with Gasteiger partial charge in [-0.05, 0) is 31.2 Å². The third-order valence-corrected chi connectivity index (χ3v) is 3.04. The number of amides is 1. The molecule has 1 aromatic heterocycles. The number of carbonyl (C=O) groups is 1. The van der Waals surface area contributed by atoms with Gasteiger partial charge in [-0.1, -0.05) is 30.7 Å². The van der Waals surface area contributed by atoms with Gasteiger partial charge in [0.15, 0.2) is 0 Å². The van der Waals surface area contributed by atoms with Crippen molar-refractivity contribution in [3.8, 4) is 0 Å². The molecular weight excluding hydrogens is 236 g/mol. The molecule has 19 heavy (non-hydrogen) atoms. The molecule has 0 spiro atoms. The number of hydrogen-bond donors (Lipinski definition) is 1. The number of pyridine rings is 1. The van der Waals surface area contributed by atoms with Gasteiger partial charge < -0.3 is 5.32 Å². The smallest absolute Gasteiger partial charge is 0.251 e. The molecule has 0 saturated carbocycles. The summed E-state index contributed by atoms with van der Waals surface area (Å²) >= 11 is 0. The highest BCUT2D eigenvalue weighted by Gasteiger charge is 2.10. The Morgan fingerprint density at radius 2 is 2.11 bits per heavy atom. The highest BCUT2D eigenvalue weighted by Crippen LogP contribution is 2.10. The van der Waals surface area contributed by atoms with Gasteiger partial charge in [0.2, 0.25) is 0 Å².